The number of hydrogen-bond acceptors (Lipinski definition) is 1. The average Bonchev–Trinajstić information content (AvgIpc) is 2.68. The molecular weight excluding hydrogens is 347 g/mol. The lowest BCUT2D eigenvalue weighted by molar-refractivity contribution is -0.119. The number of rotatable bonds is 3. The number of carbonyl (C=O) groups is 1. The van der Waals surface area contributed by atoms with Crippen LogP contribution >= 0.6 is 7.92 Å². The van der Waals surface area contributed by atoms with Crippen molar-refractivity contribution in [1.29, 1.82) is 0 Å². The van der Waals surface area contributed by atoms with Gasteiger partial charge in [-0.2, -0.15) is 0 Å². The lowest BCUT2D eigenvalue weighted by atomic mass is 9.98. The Balaban J connectivity index is 1.95. The normalized spacial score (nSPS) is 19.0. The molecule has 1 unspecified atom stereocenters. The van der Waals surface area contributed by atoms with Crippen molar-refractivity contribution in [2.45, 2.75) is 31.8 Å². The number of Topliss-reactive ketones (excluding diaryl/α,β-unsaturated/α-hetero) is 1. The molecule has 2 heteroatoms. The van der Waals surface area contributed by atoms with Crippen LogP contribution in [0.4, 0.5) is 0 Å². The molecule has 1 atom stereocenters. The molecule has 3 aromatic carbocycles. The number of ketones is 1. The summed E-state index contributed by atoms with van der Waals surface area (Å²) in [5, 5.41) is 1.49. The van der Waals surface area contributed by atoms with Crippen molar-refractivity contribution in [2.75, 3.05) is 6.16 Å². The van der Waals surface area contributed by atoms with E-state index in [1.54, 1.807) is 0 Å². The molecule has 136 valence electrons. The van der Waals surface area contributed by atoms with E-state index in [1.807, 2.05) is 0 Å². The SMILES string of the molecule is CC1(C)CC(=O)CCP1c1c(-c2ccccc2)cccc1-c1ccccc1. The maximum atomic E-state index is 12.2. The maximum Gasteiger partial charge on any atom is 0.134 e. The quantitative estimate of drug-likeness (QED) is 0.495. The van der Waals surface area contributed by atoms with E-state index in [1.165, 1.54) is 27.6 Å². The summed E-state index contributed by atoms with van der Waals surface area (Å²) < 4.78 is 0. The molecule has 1 nitrogen and oxygen atoms in total. The zero-order valence-electron chi connectivity index (χ0n) is 16.0. The van der Waals surface area contributed by atoms with Crippen LogP contribution in [0, 0.1) is 0 Å². The van der Waals surface area contributed by atoms with Gasteiger partial charge in [0.25, 0.3) is 0 Å². The van der Waals surface area contributed by atoms with Crippen LogP contribution in [0.25, 0.3) is 22.3 Å². The smallest absolute Gasteiger partial charge is 0.134 e. The van der Waals surface area contributed by atoms with Gasteiger partial charge in [0.2, 0.25) is 0 Å². The van der Waals surface area contributed by atoms with Crippen molar-refractivity contribution in [1.82, 2.24) is 0 Å². The van der Waals surface area contributed by atoms with Crippen LogP contribution in [-0.2, 0) is 4.79 Å². The van der Waals surface area contributed by atoms with Crippen molar-refractivity contribution in [3.8, 4) is 22.3 Å². The van der Waals surface area contributed by atoms with E-state index in [4.69, 9.17) is 0 Å². The monoisotopic (exact) mass is 372 g/mol. The Morgan fingerprint density at radius 1 is 0.741 bits per heavy atom. The molecule has 1 aliphatic rings. The molecule has 1 aliphatic heterocycles. The van der Waals surface area contributed by atoms with Crippen molar-refractivity contribution in [2.24, 2.45) is 0 Å². The summed E-state index contributed by atoms with van der Waals surface area (Å²) in [6.45, 7) is 4.57. The molecule has 0 aromatic heterocycles. The molecule has 0 bridgehead atoms. The molecule has 0 amide bonds. The van der Waals surface area contributed by atoms with Gasteiger partial charge in [0.05, 0.1) is 0 Å². The topological polar surface area (TPSA) is 17.1 Å². The summed E-state index contributed by atoms with van der Waals surface area (Å²) in [6.07, 6.45) is 2.40. The van der Waals surface area contributed by atoms with E-state index in [2.05, 4.69) is 92.7 Å². The summed E-state index contributed by atoms with van der Waals surface area (Å²) >= 11 is 0. The first-order valence-corrected chi connectivity index (χ1v) is 11.1. The zero-order valence-corrected chi connectivity index (χ0v) is 16.9. The van der Waals surface area contributed by atoms with Gasteiger partial charge in [-0.3, -0.25) is 4.79 Å². The molecule has 1 heterocycles. The lowest BCUT2D eigenvalue weighted by Gasteiger charge is -2.40. The predicted molar refractivity (Wildman–Crippen MR) is 117 cm³/mol. The van der Waals surface area contributed by atoms with Gasteiger partial charge in [0.15, 0.2) is 0 Å². The standard InChI is InChI=1S/C25H25OP/c1-25(2)18-21(26)16-17-27(25)24-22(19-10-5-3-6-11-19)14-9-15-23(24)20-12-7-4-8-13-20/h3-15H,16-18H2,1-2H3. The Morgan fingerprint density at radius 2 is 1.26 bits per heavy atom. The highest BCUT2D eigenvalue weighted by atomic mass is 31.1. The highest BCUT2D eigenvalue weighted by Crippen LogP contribution is 2.56. The second kappa shape index (κ2) is 7.41. The number of benzene rings is 3. The fraction of sp³-hybridized carbons (Fsp3) is 0.240. The van der Waals surface area contributed by atoms with E-state index in [9.17, 15) is 4.79 Å². The fourth-order valence-corrected chi connectivity index (χ4v) is 7.42. The Kier molecular flexibility index (Phi) is 4.98. The highest BCUT2D eigenvalue weighted by molar-refractivity contribution is 7.68. The summed E-state index contributed by atoms with van der Waals surface area (Å²) in [5.74, 6) is 0.414. The Hall–Kier alpha value is -2.24. The average molecular weight is 372 g/mol. The zero-order chi connectivity index (χ0) is 18.9. The first-order chi connectivity index (χ1) is 13.1. The third-order valence-corrected chi connectivity index (χ3v) is 8.76. The summed E-state index contributed by atoms with van der Waals surface area (Å²) in [7, 11) is -0.446. The van der Waals surface area contributed by atoms with Gasteiger partial charge >= 0.3 is 0 Å². The lowest BCUT2D eigenvalue weighted by Crippen LogP contribution is -2.34. The molecule has 3 aromatic rings. The summed E-state index contributed by atoms with van der Waals surface area (Å²) in [6, 6.07) is 28.1. The number of carbonyl (C=O) groups excluding carboxylic acids is 1. The molecule has 0 aliphatic carbocycles. The van der Waals surface area contributed by atoms with Gasteiger partial charge in [-0.15, -0.1) is 0 Å². The minimum absolute atomic E-state index is 0.0269. The second-order valence-corrected chi connectivity index (χ2v) is 10.8. The van der Waals surface area contributed by atoms with E-state index in [0.29, 0.717) is 18.6 Å². The summed E-state index contributed by atoms with van der Waals surface area (Å²) in [5.41, 5.74) is 5.18. The molecule has 1 fully saturated rings. The van der Waals surface area contributed by atoms with Crippen molar-refractivity contribution >= 4 is 19.0 Å². The van der Waals surface area contributed by atoms with Crippen LogP contribution in [0.1, 0.15) is 26.7 Å². The van der Waals surface area contributed by atoms with Gasteiger partial charge in [0, 0.05) is 12.8 Å². The maximum absolute atomic E-state index is 12.2. The van der Waals surface area contributed by atoms with Crippen LogP contribution < -0.4 is 5.30 Å². The Bertz CT molecular complexity index is 887. The van der Waals surface area contributed by atoms with Crippen molar-refractivity contribution in [3.05, 3.63) is 78.9 Å². The molecule has 1 saturated heterocycles. The van der Waals surface area contributed by atoms with E-state index in [-0.39, 0.29) is 5.16 Å². The highest BCUT2D eigenvalue weighted by Gasteiger charge is 2.38. The van der Waals surface area contributed by atoms with Gasteiger partial charge in [0.1, 0.15) is 5.78 Å². The van der Waals surface area contributed by atoms with Gasteiger partial charge in [-0.1, -0.05) is 101 Å². The molecule has 4 rings (SSSR count). The van der Waals surface area contributed by atoms with E-state index < -0.39 is 7.92 Å². The van der Waals surface area contributed by atoms with E-state index >= 15 is 0 Å². The van der Waals surface area contributed by atoms with Gasteiger partial charge in [-0.05, 0) is 38.9 Å². The molecular formula is C25H25OP. The molecule has 0 N–H and O–H groups in total. The minimum atomic E-state index is -0.446. The molecule has 27 heavy (non-hydrogen) atoms. The third-order valence-electron chi connectivity index (χ3n) is 5.45. The first kappa shape index (κ1) is 18.1. The van der Waals surface area contributed by atoms with Gasteiger partial charge < -0.3 is 0 Å². The van der Waals surface area contributed by atoms with Gasteiger partial charge in [-0.25, -0.2) is 0 Å². The molecule has 0 spiro atoms. The van der Waals surface area contributed by atoms with Crippen LogP contribution in [0.5, 0.6) is 0 Å². The summed E-state index contributed by atoms with van der Waals surface area (Å²) in [4.78, 5) is 12.2. The Morgan fingerprint density at radius 3 is 1.74 bits per heavy atom. The molecule has 0 saturated carbocycles. The fourth-order valence-electron chi connectivity index (χ4n) is 4.16. The predicted octanol–water partition coefficient (Wildman–Crippen LogP) is 6.27. The van der Waals surface area contributed by atoms with E-state index in [0.717, 1.165) is 6.16 Å². The van der Waals surface area contributed by atoms with Crippen LogP contribution in [0.15, 0.2) is 78.9 Å². The largest absolute Gasteiger partial charge is 0.300 e. The first-order valence-electron chi connectivity index (χ1n) is 9.59. The van der Waals surface area contributed by atoms with Crippen molar-refractivity contribution < 1.29 is 4.79 Å². The van der Waals surface area contributed by atoms with Crippen LogP contribution in [-0.4, -0.2) is 17.1 Å². The second-order valence-electron chi connectivity index (χ2n) is 7.86. The van der Waals surface area contributed by atoms with Crippen LogP contribution in [0.2, 0.25) is 0 Å². The molecule has 0 radical (unpaired) electrons. The van der Waals surface area contributed by atoms with Crippen molar-refractivity contribution in [3.63, 3.8) is 0 Å². The number of hydrogen-bond donors (Lipinski definition) is 0. The van der Waals surface area contributed by atoms with Crippen LogP contribution in [0.3, 0.4) is 0 Å². The third kappa shape index (κ3) is 3.62. The Labute approximate surface area is 163 Å². The minimum Gasteiger partial charge on any atom is -0.300 e.